The second-order valence-corrected chi connectivity index (χ2v) is 12.7. The van der Waals surface area contributed by atoms with Crippen molar-refractivity contribution in [3.05, 3.63) is 66.7 Å². The summed E-state index contributed by atoms with van der Waals surface area (Å²) >= 11 is 0. The molecule has 214 valence electrons. The van der Waals surface area contributed by atoms with E-state index in [0.29, 0.717) is 0 Å². The third-order valence-corrected chi connectivity index (χ3v) is 8.19. The highest BCUT2D eigenvalue weighted by atomic mass is 32.2. The summed E-state index contributed by atoms with van der Waals surface area (Å²) < 4.78 is 99.8. The van der Waals surface area contributed by atoms with E-state index in [9.17, 15) is 44.3 Å². The van der Waals surface area contributed by atoms with Gasteiger partial charge >= 0.3 is 0 Å². The zero-order valence-electron chi connectivity index (χ0n) is 20.6. The minimum atomic E-state index is -5.09. The second kappa shape index (κ2) is 10.6. The predicted octanol–water partition coefficient (Wildman–Crippen LogP) is 4.33. The molecule has 0 spiro atoms. The fourth-order valence-electron chi connectivity index (χ4n) is 3.94. The number of azo groups is 1. The maximum Gasteiger partial charge on any atom is 0.295 e. The summed E-state index contributed by atoms with van der Waals surface area (Å²) in [4.78, 5) is 9.88. The van der Waals surface area contributed by atoms with E-state index in [1.807, 2.05) is 0 Å². The number of carbonyl (C=O) groups is 1. The molecule has 0 aromatic heterocycles. The number of amides is 1. The lowest BCUT2D eigenvalue weighted by Crippen LogP contribution is -2.09. The fourth-order valence-corrected chi connectivity index (χ4v) is 5.70. The van der Waals surface area contributed by atoms with Crippen LogP contribution in [-0.4, -0.2) is 49.9 Å². The average Bonchev–Trinajstić information content (AvgIpc) is 2.85. The highest BCUT2D eigenvalue weighted by Gasteiger charge is 2.27. The molecular weight excluding hydrogens is 602 g/mol. The van der Waals surface area contributed by atoms with Gasteiger partial charge in [-0.05, 0) is 53.9 Å². The van der Waals surface area contributed by atoms with Crippen LogP contribution < -0.4 is 5.32 Å². The number of fused-ring (bicyclic) bond motifs is 1. The summed E-state index contributed by atoms with van der Waals surface area (Å²) in [6.07, 6.45) is 0. The number of phenols is 1. The van der Waals surface area contributed by atoms with E-state index < -0.39 is 57.4 Å². The standard InChI is InChI=1S/C24H19N3O11S3/c1-13(28)25-20-12-17(40(33,34)35)10-14-11-21(41(36,37)38)23(24(29)22(14)20)18-4-2-3-5-19(18)27-26-15-6-8-16(9-7-15)39(30,31)32/h2-12,29H,1H3,(H,25,28)(H,30,31,32)(H,33,34,35)(H,36,37,38). The Morgan fingerprint density at radius 3 is 1.93 bits per heavy atom. The summed E-state index contributed by atoms with van der Waals surface area (Å²) in [5.41, 5.74) is -0.716. The molecule has 0 heterocycles. The van der Waals surface area contributed by atoms with E-state index in [4.69, 9.17) is 4.55 Å². The normalized spacial score (nSPS) is 12.6. The molecule has 5 N–H and O–H groups in total. The predicted molar refractivity (Wildman–Crippen MR) is 145 cm³/mol. The van der Waals surface area contributed by atoms with E-state index in [1.165, 1.54) is 36.4 Å². The van der Waals surface area contributed by atoms with Crippen molar-refractivity contribution in [1.29, 1.82) is 0 Å². The lowest BCUT2D eigenvalue weighted by Gasteiger charge is -2.17. The lowest BCUT2D eigenvalue weighted by molar-refractivity contribution is -0.114. The van der Waals surface area contributed by atoms with Crippen molar-refractivity contribution in [3.63, 3.8) is 0 Å². The Morgan fingerprint density at radius 2 is 1.37 bits per heavy atom. The molecule has 0 saturated heterocycles. The summed E-state index contributed by atoms with van der Waals surface area (Å²) in [5.74, 6) is -1.48. The molecule has 17 heteroatoms. The molecular formula is C24H19N3O11S3. The number of rotatable bonds is 7. The van der Waals surface area contributed by atoms with Crippen LogP contribution in [0.1, 0.15) is 6.92 Å². The van der Waals surface area contributed by atoms with Gasteiger partial charge in [0.25, 0.3) is 30.4 Å². The number of aromatic hydroxyl groups is 1. The molecule has 0 bridgehead atoms. The molecule has 0 aliphatic rings. The summed E-state index contributed by atoms with van der Waals surface area (Å²) in [7, 11) is -14.4. The zero-order valence-corrected chi connectivity index (χ0v) is 23.1. The van der Waals surface area contributed by atoms with Crippen LogP contribution in [-0.2, 0) is 35.1 Å². The van der Waals surface area contributed by atoms with Crippen molar-refractivity contribution in [1.82, 2.24) is 0 Å². The Bertz CT molecular complexity index is 2070. The highest BCUT2D eigenvalue weighted by molar-refractivity contribution is 7.86. The molecule has 41 heavy (non-hydrogen) atoms. The monoisotopic (exact) mass is 621 g/mol. The molecule has 0 aliphatic heterocycles. The van der Waals surface area contributed by atoms with Crippen molar-refractivity contribution in [3.8, 4) is 16.9 Å². The SMILES string of the molecule is CC(=O)Nc1cc(S(=O)(=O)O)cc2cc(S(=O)(=O)O)c(-c3ccccc3N=Nc3ccc(S(=O)(=O)O)cc3)c(O)c12. The molecule has 1 amide bonds. The van der Waals surface area contributed by atoms with Gasteiger partial charge in [0.1, 0.15) is 10.6 Å². The van der Waals surface area contributed by atoms with Gasteiger partial charge in [-0.15, -0.1) is 5.11 Å². The smallest absolute Gasteiger partial charge is 0.295 e. The number of hydrogen-bond donors (Lipinski definition) is 5. The Morgan fingerprint density at radius 1 is 0.756 bits per heavy atom. The first kappa shape index (κ1) is 29.7. The zero-order chi connectivity index (χ0) is 30.3. The van der Waals surface area contributed by atoms with Gasteiger partial charge in [-0.3, -0.25) is 18.5 Å². The van der Waals surface area contributed by atoms with Crippen LogP contribution in [0.2, 0.25) is 0 Å². The van der Waals surface area contributed by atoms with Gasteiger partial charge in [-0.2, -0.15) is 30.4 Å². The minimum absolute atomic E-state index is 0.0264. The summed E-state index contributed by atoms with van der Waals surface area (Å²) in [5, 5.41) is 21.2. The third-order valence-electron chi connectivity index (χ3n) is 5.62. The molecule has 4 aromatic rings. The van der Waals surface area contributed by atoms with E-state index in [0.717, 1.165) is 37.3 Å². The lowest BCUT2D eigenvalue weighted by atomic mass is 9.97. The largest absolute Gasteiger partial charge is 0.507 e. The van der Waals surface area contributed by atoms with Crippen molar-refractivity contribution in [2.24, 2.45) is 10.2 Å². The first-order valence-electron chi connectivity index (χ1n) is 11.1. The van der Waals surface area contributed by atoms with Crippen molar-refractivity contribution in [2.45, 2.75) is 21.6 Å². The van der Waals surface area contributed by atoms with Gasteiger partial charge in [0, 0.05) is 23.4 Å². The molecule has 0 fully saturated rings. The van der Waals surface area contributed by atoms with Gasteiger partial charge in [-0.1, -0.05) is 18.2 Å². The van der Waals surface area contributed by atoms with Gasteiger partial charge < -0.3 is 10.4 Å². The van der Waals surface area contributed by atoms with Crippen LogP contribution in [0.5, 0.6) is 5.75 Å². The topological polar surface area (TPSA) is 237 Å². The summed E-state index contributed by atoms with van der Waals surface area (Å²) in [6.45, 7) is 1.09. The first-order valence-corrected chi connectivity index (χ1v) is 15.4. The number of nitrogens with zero attached hydrogens (tertiary/aromatic N) is 2. The van der Waals surface area contributed by atoms with Gasteiger partial charge in [0.15, 0.2) is 0 Å². The number of phenolic OH excluding ortho intramolecular Hbond substituents is 1. The van der Waals surface area contributed by atoms with Crippen LogP contribution in [0.15, 0.2) is 91.6 Å². The van der Waals surface area contributed by atoms with E-state index in [2.05, 4.69) is 15.5 Å². The summed E-state index contributed by atoms with van der Waals surface area (Å²) in [6, 6.07) is 12.9. The van der Waals surface area contributed by atoms with Crippen LogP contribution in [0.25, 0.3) is 21.9 Å². The average molecular weight is 622 g/mol. The van der Waals surface area contributed by atoms with Crippen LogP contribution in [0.4, 0.5) is 17.1 Å². The maximum absolute atomic E-state index is 12.5. The number of anilines is 1. The Kier molecular flexibility index (Phi) is 7.69. The third kappa shape index (κ3) is 6.40. The van der Waals surface area contributed by atoms with Crippen LogP contribution in [0.3, 0.4) is 0 Å². The maximum atomic E-state index is 12.5. The fraction of sp³-hybridized carbons (Fsp3) is 0.0417. The molecule has 4 aromatic carbocycles. The van der Waals surface area contributed by atoms with Crippen molar-refractivity contribution >= 4 is 64.1 Å². The highest BCUT2D eigenvalue weighted by Crippen LogP contribution is 2.47. The van der Waals surface area contributed by atoms with Gasteiger partial charge in [0.05, 0.1) is 26.9 Å². The molecule has 0 unspecified atom stereocenters. The van der Waals surface area contributed by atoms with Crippen molar-refractivity contribution < 1.29 is 48.8 Å². The number of hydrogen-bond acceptors (Lipinski definition) is 10. The number of carbonyl (C=O) groups excluding carboxylic acids is 1. The molecule has 4 rings (SSSR count). The molecule has 14 nitrogen and oxygen atoms in total. The quantitative estimate of drug-likeness (QED) is 0.144. The molecule has 0 atom stereocenters. The van der Waals surface area contributed by atoms with Gasteiger partial charge in [-0.25, -0.2) is 0 Å². The Hall–Kier alpha value is -4.26. The Balaban J connectivity index is 2.01. The van der Waals surface area contributed by atoms with Crippen LogP contribution in [0, 0.1) is 0 Å². The molecule has 0 radical (unpaired) electrons. The van der Waals surface area contributed by atoms with E-state index >= 15 is 0 Å². The molecule has 0 aliphatic carbocycles. The number of nitrogens with one attached hydrogen (secondary N) is 1. The first-order chi connectivity index (χ1) is 19.0. The van der Waals surface area contributed by atoms with Crippen LogP contribution >= 0.6 is 0 Å². The Labute approximate surface area is 233 Å². The van der Waals surface area contributed by atoms with E-state index in [1.54, 1.807) is 0 Å². The number of benzene rings is 4. The van der Waals surface area contributed by atoms with Gasteiger partial charge in [0.2, 0.25) is 5.91 Å². The molecule has 0 saturated carbocycles. The van der Waals surface area contributed by atoms with E-state index in [-0.39, 0.29) is 38.3 Å². The minimum Gasteiger partial charge on any atom is -0.507 e. The van der Waals surface area contributed by atoms with Crippen molar-refractivity contribution in [2.75, 3.05) is 5.32 Å². The second-order valence-electron chi connectivity index (χ2n) is 8.48.